The molecule has 0 aliphatic rings. The van der Waals surface area contributed by atoms with E-state index in [1.807, 2.05) is 5.32 Å². The Balaban J connectivity index is 2.98. The lowest BCUT2D eigenvalue weighted by atomic mass is 10.2. The minimum absolute atomic E-state index is 0.0853. The molecule has 0 bridgehead atoms. The van der Waals surface area contributed by atoms with Gasteiger partial charge >= 0.3 is 12.4 Å². The average molecular weight is 249 g/mol. The van der Waals surface area contributed by atoms with E-state index in [4.69, 9.17) is 0 Å². The molecule has 1 heterocycles. The molecule has 0 atom stereocenters. The Bertz CT molecular complexity index is 417. The van der Waals surface area contributed by atoms with Crippen LogP contribution in [0, 0.1) is 6.92 Å². The minimum atomic E-state index is -3.12. The summed E-state index contributed by atoms with van der Waals surface area (Å²) in [7, 11) is 1.18. The van der Waals surface area contributed by atoms with Gasteiger partial charge in [-0.25, -0.2) is 4.79 Å². The minimum Gasteiger partial charge on any atom is -0.465 e. The third-order valence-electron chi connectivity index (χ3n) is 1.79. The van der Waals surface area contributed by atoms with Crippen LogP contribution in [0.3, 0.4) is 0 Å². The number of carbonyl (C=O) groups is 2. The number of hydrogen-bond acceptors (Lipinski definition) is 4. The maximum atomic E-state index is 12.0. The van der Waals surface area contributed by atoms with Crippen LogP contribution in [0.4, 0.5) is 14.5 Å². The number of anilines is 1. The van der Waals surface area contributed by atoms with E-state index in [1.54, 1.807) is 12.3 Å². The topological polar surface area (TPSA) is 55.4 Å². The molecule has 1 N–H and O–H groups in total. The van der Waals surface area contributed by atoms with Crippen LogP contribution in [0.15, 0.2) is 5.38 Å². The van der Waals surface area contributed by atoms with Gasteiger partial charge in [-0.3, -0.25) is 4.79 Å². The van der Waals surface area contributed by atoms with E-state index in [0.29, 0.717) is 5.56 Å². The first kappa shape index (κ1) is 12.6. The molecule has 0 aromatic carbocycles. The van der Waals surface area contributed by atoms with Crippen molar-refractivity contribution in [3.05, 3.63) is 15.8 Å². The van der Waals surface area contributed by atoms with Gasteiger partial charge in [0.1, 0.15) is 4.88 Å². The molecule has 88 valence electrons. The molecule has 0 radical (unpaired) electrons. The molecule has 0 saturated heterocycles. The van der Waals surface area contributed by atoms with Crippen LogP contribution in [-0.4, -0.2) is 25.4 Å². The zero-order valence-electron chi connectivity index (χ0n) is 8.54. The Morgan fingerprint density at radius 3 is 2.62 bits per heavy atom. The molecular formula is C9H9F2NO3S. The van der Waals surface area contributed by atoms with Gasteiger partial charge in [0.2, 0.25) is 0 Å². The van der Waals surface area contributed by atoms with Gasteiger partial charge in [0.25, 0.3) is 5.91 Å². The lowest BCUT2D eigenvalue weighted by molar-refractivity contribution is -0.126. The highest BCUT2D eigenvalue weighted by Gasteiger charge is 2.22. The summed E-state index contributed by atoms with van der Waals surface area (Å²) >= 11 is 1.03. The number of esters is 1. The van der Waals surface area contributed by atoms with E-state index in [2.05, 4.69) is 4.74 Å². The van der Waals surface area contributed by atoms with Crippen molar-refractivity contribution in [3.8, 4) is 0 Å². The van der Waals surface area contributed by atoms with Gasteiger partial charge in [-0.1, -0.05) is 0 Å². The molecule has 0 spiro atoms. The molecule has 7 heteroatoms. The molecule has 0 unspecified atom stereocenters. The monoisotopic (exact) mass is 249 g/mol. The van der Waals surface area contributed by atoms with Crippen LogP contribution < -0.4 is 5.32 Å². The normalized spacial score (nSPS) is 10.3. The second-order valence-corrected chi connectivity index (χ2v) is 3.78. The number of ether oxygens (including phenoxy) is 1. The van der Waals surface area contributed by atoms with Crippen molar-refractivity contribution in [2.24, 2.45) is 0 Å². The first-order chi connectivity index (χ1) is 7.47. The largest absolute Gasteiger partial charge is 0.465 e. The van der Waals surface area contributed by atoms with Gasteiger partial charge in [-0.05, 0) is 17.9 Å². The second kappa shape index (κ2) is 5.02. The molecule has 1 aromatic rings. The van der Waals surface area contributed by atoms with Crippen molar-refractivity contribution in [1.82, 2.24) is 0 Å². The number of nitrogens with one attached hydrogen (secondary N) is 1. The standard InChI is InChI=1S/C9H9F2NO3S/c1-4-3-16-6(9(14)15-2)5(4)12-8(13)7(10)11/h3,7H,1-2H3,(H,12,13). The van der Waals surface area contributed by atoms with Crippen molar-refractivity contribution in [2.75, 3.05) is 12.4 Å². The van der Waals surface area contributed by atoms with E-state index >= 15 is 0 Å². The molecule has 1 rings (SSSR count). The highest BCUT2D eigenvalue weighted by atomic mass is 32.1. The van der Waals surface area contributed by atoms with Gasteiger partial charge < -0.3 is 10.1 Å². The smallest absolute Gasteiger partial charge is 0.350 e. The van der Waals surface area contributed by atoms with Crippen molar-refractivity contribution in [3.63, 3.8) is 0 Å². The van der Waals surface area contributed by atoms with Crippen LogP contribution in [0.25, 0.3) is 0 Å². The van der Waals surface area contributed by atoms with Crippen LogP contribution >= 0.6 is 11.3 Å². The lowest BCUT2D eigenvalue weighted by Gasteiger charge is -2.06. The molecular weight excluding hydrogens is 240 g/mol. The van der Waals surface area contributed by atoms with Crippen LogP contribution in [-0.2, 0) is 9.53 Å². The Hall–Kier alpha value is -1.50. The lowest BCUT2D eigenvalue weighted by Crippen LogP contribution is -2.21. The van der Waals surface area contributed by atoms with Crippen LogP contribution in [0.1, 0.15) is 15.2 Å². The third kappa shape index (κ3) is 2.54. The Morgan fingerprint density at radius 1 is 1.50 bits per heavy atom. The molecule has 1 aromatic heterocycles. The summed E-state index contributed by atoms with van der Waals surface area (Å²) in [6.07, 6.45) is -3.12. The van der Waals surface area contributed by atoms with Gasteiger partial charge in [0.05, 0.1) is 12.8 Å². The summed E-state index contributed by atoms with van der Waals surface area (Å²) in [5.74, 6) is -2.10. The number of carbonyl (C=O) groups excluding carboxylic acids is 2. The van der Waals surface area contributed by atoms with E-state index in [9.17, 15) is 18.4 Å². The summed E-state index contributed by atoms with van der Waals surface area (Å²) in [5, 5.41) is 3.57. The van der Waals surface area contributed by atoms with Crippen molar-refractivity contribution >= 4 is 28.9 Å². The third-order valence-corrected chi connectivity index (χ3v) is 2.87. The molecule has 16 heavy (non-hydrogen) atoms. The Morgan fingerprint density at radius 2 is 2.12 bits per heavy atom. The number of aryl methyl sites for hydroxylation is 1. The maximum absolute atomic E-state index is 12.0. The number of hydrogen-bond donors (Lipinski definition) is 1. The highest BCUT2D eigenvalue weighted by molar-refractivity contribution is 7.12. The summed E-state index contributed by atoms with van der Waals surface area (Å²) in [5.41, 5.74) is 0.626. The first-order valence-corrected chi connectivity index (χ1v) is 5.10. The van der Waals surface area contributed by atoms with E-state index in [-0.39, 0.29) is 10.6 Å². The highest BCUT2D eigenvalue weighted by Crippen LogP contribution is 2.28. The van der Waals surface area contributed by atoms with E-state index < -0.39 is 18.3 Å². The SMILES string of the molecule is COC(=O)c1scc(C)c1NC(=O)C(F)F. The first-order valence-electron chi connectivity index (χ1n) is 4.22. The summed E-state index contributed by atoms with van der Waals surface area (Å²) < 4.78 is 28.5. The number of amides is 1. The summed E-state index contributed by atoms with van der Waals surface area (Å²) in [4.78, 5) is 22.2. The van der Waals surface area contributed by atoms with Crippen LogP contribution in [0.5, 0.6) is 0 Å². The number of halogens is 2. The van der Waals surface area contributed by atoms with Crippen LogP contribution in [0.2, 0.25) is 0 Å². The number of thiophene rings is 1. The summed E-state index contributed by atoms with van der Waals surface area (Å²) in [6.45, 7) is 1.60. The fourth-order valence-corrected chi connectivity index (χ4v) is 1.94. The Kier molecular flexibility index (Phi) is 3.94. The maximum Gasteiger partial charge on any atom is 0.350 e. The molecule has 0 aliphatic carbocycles. The second-order valence-electron chi connectivity index (χ2n) is 2.90. The number of alkyl halides is 2. The number of rotatable bonds is 3. The number of methoxy groups -OCH3 is 1. The molecule has 4 nitrogen and oxygen atoms in total. The predicted molar refractivity (Wildman–Crippen MR) is 55.0 cm³/mol. The van der Waals surface area contributed by atoms with E-state index in [0.717, 1.165) is 11.3 Å². The average Bonchev–Trinajstić information content (AvgIpc) is 2.59. The zero-order valence-corrected chi connectivity index (χ0v) is 9.36. The molecule has 0 saturated carbocycles. The van der Waals surface area contributed by atoms with Crippen molar-refractivity contribution < 1.29 is 23.1 Å². The molecule has 0 aliphatic heterocycles. The molecule has 0 fully saturated rings. The fraction of sp³-hybridized carbons (Fsp3) is 0.333. The van der Waals surface area contributed by atoms with Crippen molar-refractivity contribution in [2.45, 2.75) is 13.3 Å². The van der Waals surface area contributed by atoms with Gasteiger partial charge in [-0.15, -0.1) is 11.3 Å². The quantitative estimate of drug-likeness (QED) is 0.834. The Labute approximate surface area is 94.2 Å². The zero-order chi connectivity index (χ0) is 12.3. The van der Waals surface area contributed by atoms with E-state index in [1.165, 1.54) is 7.11 Å². The van der Waals surface area contributed by atoms with Gasteiger partial charge in [0.15, 0.2) is 0 Å². The fourth-order valence-electron chi connectivity index (χ4n) is 1.02. The predicted octanol–water partition coefficient (Wildman–Crippen LogP) is 2.05. The summed E-state index contributed by atoms with van der Waals surface area (Å²) in [6, 6.07) is 0. The van der Waals surface area contributed by atoms with Crippen molar-refractivity contribution in [1.29, 1.82) is 0 Å². The molecule has 1 amide bonds. The van der Waals surface area contributed by atoms with Gasteiger partial charge in [-0.2, -0.15) is 8.78 Å². The van der Waals surface area contributed by atoms with Gasteiger partial charge in [0, 0.05) is 0 Å².